The lowest BCUT2D eigenvalue weighted by Gasteiger charge is -2.46. The third kappa shape index (κ3) is 10.9. The molecule has 0 N–H and O–H groups in total. The fourth-order valence-corrected chi connectivity index (χ4v) is 16.3. The Morgan fingerprint density at radius 1 is 0.272 bits per heavy atom. The van der Waals surface area contributed by atoms with Gasteiger partial charge in [0.25, 0.3) is 6.71 Å². The number of pyridine rings is 2. The summed E-state index contributed by atoms with van der Waals surface area (Å²) in [5, 5.41) is 4.89. The summed E-state index contributed by atoms with van der Waals surface area (Å²) in [5.74, 6) is 0. The van der Waals surface area contributed by atoms with Crippen molar-refractivity contribution in [3.05, 3.63) is 295 Å². The van der Waals surface area contributed by atoms with E-state index >= 15 is 0 Å². The Bertz CT molecular complexity index is 5790. The fraction of sp³-hybridized carbons (Fsp3) is 0.208. The minimum Gasteiger partial charge on any atom is -0.310 e. The van der Waals surface area contributed by atoms with Crippen LogP contribution in [0.25, 0.3) is 99.6 Å². The Morgan fingerprint density at radius 2 is 0.670 bits per heavy atom. The maximum atomic E-state index is 5.70. The quantitative estimate of drug-likeness (QED) is 0.142. The van der Waals surface area contributed by atoms with E-state index in [2.05, 4.69) is 390 Å². The number of anilines is 6. The average Bonchev–Trinajstić information content (AvgIpc) is 1.01. The number of hydrogen-bond acceptors (Lipinski definition) is 4. The van der Waals surface area contributed by atoms with E-state index in [-0.39, 0.29) is 33.8 Å². The summed E-state index contributed by atoms with van der Waals surface area (Å²) in [6.07, 6.45) is 0. The second-order valence-electron chi connectivity index (χ2n) is 33.9. The predicted molar refractivity (Wildman–Crippen MR) is 440 cm³/mol. The molecule has 2 aliphatic heterocycles. The zero-order valence-electron chi connectivity index (χ0n) is 62.2. The molecule has 11 aromatic carbocycles. The molecule has 0 unspecified atom stereocenters. The van der Waals surface area contributed by atoms with Crippen LogP contribution >= 0.6 is 0 Å². The van der Waals surface area contributed by atoms with Crippen molar-refractivity contribution in [2.75, 3.05) is 9.80 Å². The van der Waals surface area contributed by atoms with Crippen molar-refractivity contribution in [2.45, 2.75) is 131 Å². The Balaban J connectivity index is 1.07. The maximum Gasteiger partial charge on any atom is 0.252 e. The van der Waals surface area contributed by atoms with E-state index in [1.165, 1.54) is 49.1 Å². The number of para-hydroxylation sites is 6. The Morgan fingerprint density at radius 3 is 1.14 bits per heavy atom. The highest BCUT2D eigenvalue weighted by Gasteiger charge is 2.47. The summed E-state index contributed by atoms with van der Waals surface area (Å²) in [6, 6.07) is 101. The van der Waals surface area contributed by atoms with E-state index in [9.17, 15) is 0 Å². The second kappa shape index (κ2) is 23.8. The number of nitrogens with zero attached hydrogens (tertiary/aromatic N) is 6. The predicted octanol–water partition coefficient (Wildman–Crippen LogP) is 23.9. The van der Waals surface area contributed by atoms with Gasteiger partial charge in [0.2, 0.25) is 0 Å². The fourth-order valence-electron chi connectivity index (χ4n) is 16.3. The van der Waals surface area contributed by atoms with Crippen LogP contribution in [0.5, 0.6) is 0 Å². The molecule has 506 valence electrons. The molecule has 7 heteroatoms. The molecule has 0 spiro atoms. The Kier molecular flexibility index (Phi) is 15.1. The zero-order valence-corrected chi connectivity index (χ0v) is 62.2. The molecule has 0 aliphatic carbocycles. The minimum absolute atomic E-state index is 0.124. The smallest absolute Gasteiger partial charge is 0.252 e. The normalized spacial score (nSPS) is 13.3. The van der Waals surface area contributed by atoms with Gasteiger partial charge in [-0.05, 0) is 140 Å². The topological polar surface area (TPSA) is 42.1 Å². The first-order valence-electron chi connectivity index (χ1n) is 36.8. The molecule has 15 aromatic rings. The molecule has 17 rings (SSSR count). The van der Waals surface area contributed by atoms with Crippen LogP contribution in [-0.2, 0) is 27.1 Å². The van der Waals surface area contributed by atoms with Crippen molar-refractivity contribution in [3.8, 4) is 56.0 Å². The SMILES string of the molecule is CC(C)(C)c1cccc(-c2cccc(-c3cc(C(C)(C)C)nc(C(C)(C)C)c3)c2N2c3cc(-n4c5ccccc5c5ccccc54)ccc3B3c4ccc(-n5c6ccccc6c6ccccc65)cc4N(c4c(-c5ccccc5)cccc4-c4cccc(C(C)(C)C)n4)c4cc(C(C)(C)C)cc2c43)c1. The van der Waals surface area contributed by atoms with Gasteiger partial charge in [0, 0.05) is 111 Å². The number of rotatable bonds is 8. The van der Waals surface area contributed by atoms with Gasteiger partial charge >= 0.3 is 0 Å². The molecule has 2 aliphatic rings. The molecule has 0 atom stereocenters. The molecule has 103 heavy (non-hydrogen) atoms. The van der Waals surface area contributed by atoms with Crippen LogP contribution in [0.4, 0.5) is 34.1 Å². The largest absolute Gasteiger partial charge is 0.310 e. The van der Waals surface area contributed by atoms with E-state index < -0.39 is 0 Å². The van der Waals surface area contributed by atoms with Gasteiger partial charge in [0.05, 0.1) is 39.1 Å². The lowest BCUT2D eigenvalue weighted by Crippen LogP contribution is -2.61. The van der Waals surface area contributed by atoms with Crippen LogP contribution in [0, 0.1) is 0 Å². The summed E-state index contributed by atoms with van der Waals surface area (Å²) >= 11 is 0. The van der Waals surface area contributed by atoms with Crippen molar-refractivity contribution in [1.82, 2.24) is 19.1 Å². The van der Waals surface area contributed by atoms with Crippen LogP contribution in [-0.4, -0.2) is 25.8 Å². The van der Waals surface area contributed by atoms with Gasteiger partial charge in [-0.1, -0.05) is 286 Å². The second-order valence-corrected chi connectivity index (χ2v) is 33.9. The number of fused-ring (bicyclic) bond motifs is 10. The van der Waals surface area contributed by atoms with E-state index in [1.54, 1.807) is 0 Å². The van der Waals surface area contributed by atoms with Crippen LogP contribution in [0.15, 0.2) is 267 Å². The highest BCUT2D eigenvalue weighted by molar-refractivity contribution is 7.00. The molecule has 0 saturated heterocycles. The number of aromatic nitrogens is 4. The molecule has 0 amide bonds. The molecular weight excluding hydrogens is 1250 g/mol. The molecule has 6 heterocycles. The molecule has 6 nitrogen and oxygen atoms in total. The zero-order chi connectivity index (χ0) is 71.4. The first-order valence-corrected chi connectivity index (χ1v) is 36.8. The summed E-state index contributed by atoms with van der Waals surface area (Å²) in [4.78, 5) is 16.7. The van der Waals surface area contributed by atoms with E-state index in [0.29, 0.717) is 0 Å². The highest BCUT2D eigenvalue weighted by atomic mass is 15.2. The lowest BCUT2D eigenvalue weighted by atomic mass is 9.33. The summed E-state index contributed by atoms with van der Waals surface area (Å²) in [7, 11) is 0. The summed E-state index contributed by atoms with van der Waals surface area (Å²) in [6.45, 7) is 34.5. The van der Waals surface area contributed by atoms with Gasteiger partial charge in [-0.15, -0.1) is 0 Å². The van der Waals surface area contributed by atoms with E-state index in [4.69, 9.17) is 9.97 Å². The van der Waals surface area contributed by atoms with Gasteiger partial charge in [0.15, 0.2) is 0 Å². The van der Waals surface area contributed by atoms with Crippen LogP contribution in [0.3, 0.4) is 0 Å². The first-order chi connectivity index (χ1) is 49.3. The van der Waals surface area contributed by atoms with Crippen molar-refractivity contribution in [3.63, 3.8) is 0 Å². The van der Waals surface area contributed by atoms with Gasteiger partial charge in [-0.2, -0.15) is 0 Å². The van der Waals surface area contributed by atoms with E-state index in [0.717, 1.165) is 129 Å². The number of hydrogen-bond donors (Lipinski definition) is 0. The van der Waals surface area contributed by atoms with Crippen LogP contribution in [0.1, 0.15) is 132 Å². The minimum atomic E-state index is -0.351. The van der Waals surface area contributed by atoms with Gasteiger partial charge in [0.1, 0.15) is 0 Å². The Hall–Kier alpha value is -11.0. The molecule has 0 radical (unpaired) electrons. The first kappa shape index (κ1) is 65.3. The summed E-state index contributed by atoms with van der Waals surface area (Å²) in [5.41, 5.74) is 30.4. The molecule has 0 saturated carbocycles. The molecule has 4 aromatic heterocycles. The van der Waals surface area contributed by atoms with Crippen molar-refractivity contribution in [2.24, 2.45) is 0 Å². The monoisotopic (exact) mass is 1340 g/mol. The third-order valence-corrected chi connectivity index (χ3v) is 21.7. The van der Waals surface area contributed by atoms with E-state index in [1.807, 2.05) is 0 Å². The Labute approximate surface area is 608 Å². The highest BCUT2D eigenvalue weighted by Crippen LogP contribution is 2.55. The van der Waals surface area contributed by atoms with Crippen molar-refractivity contribution >= 4 is 101 Å². The molecular formula is C96H89BN6. The van der Waals surface area contributed by atoms with Gasteiger partial charge in [-0.3, -0.25) is 9.97 Å². The van der Waals surface area contributed by atoms with Crippen LogP contribution < -0.4 is 26.2 Å². The van der Waals surface area contributed by atoms with Crippen molar-refractivity contribution < 1.29 is 0 Å². The van der Waals surface area contributed by atoms with Gasteiger partial charge in [-0.25, -0.2) is 0 Å². The maximum absolute atomic E-state index is 5.70. The third-order valence-electron chi connectivity index (χ3n) is 21.7. The number of benzene rings is 11. The lowest BCUT2D eigenvalue weighted by molar-refractivity contribution is 0.531. The van der Waals surface area contributed by atoms with Gasteiger partial charge < -0.3 is 18.9 Å². The molecule has 0 fully saturated rings. The molecule has 0 bridgehead atoms. The van der Waals surface area contributed by atoms with Crippen molar-refractivity contribution in [1.29, 1.82) is 0 Å². The average molecular weight is 1340 g/mol. The van der Waals surface area contributed by atoms with Crippen LogP contribution in [0.2, 0.25) is 0 Å². The summed E-state index contributed by atoms with van der Waals surface area (Å²) < 4.78 is 4.99. The standard InChI is InChI=1S/C96H89BN6/c1-92(2,3)63-34-27-33-61(53-63)68-40-28-41-69(62-54-87(95(10,11)12)99-88(55-62)96(13,14)15)90(68)102-82-58-65(100-78-44-23-19-35-70(78)71-36-20-24-45-79(71)100)49-51-75(82)97-76-52-50-66(101-80-46-25-21-37-72(80)73-38-22-26-47-81(73)101)59-83(76)103(85-57-64(93(4,5)6)56-84(102)89(85)97)91-67(60-31-17-16-18-32-60)39-29-42-74(91)77-43-30-48-86(98-77)94(7,8)9/h16-59H,1-15H3.